The van der Waals surface area contributed by atoms with E-state index in [1.807, 2.05) is 6.08 Å². The first kappa shape index (κ1) is 16.6. The van der Waals surface area contributed by atoms with Gasteiger partial charge in [0.15, 0.2) is 5.78 Å². The van der Waals surface area contributed by atoms with Gasteiger partial charge in [-0.15, -0.1) is 6.58 Å². The summed E-state index contributed by atoms with van der Waals surface area (Å²) in [6, 6.07) is 0. The van der Waals surface area contributed by atoms with Crippen molar-refractivity contribution in [1.29, 1.82) is 0 Å². The quantitative estimate of drug-likeness (QED) is 0.682. The van der Waals surface area contributed by atoms with E-state index in [1.165, 1.54) is 44.2 Å². The van der Waals surface area contributed by atoms with E-state index in [0.717, 1.165) is 43.6 Å². The number of piperidine rings is 1. The average Bonchev–Trinajstić information content (AvgIpc) is 2.56. The maximum Gasteiger partial charge on any atom is 0.155 e. The summed E-state index contributed by atoms with van der Waals surface area (Å²) in [4.78, 5) is 14.6. The van der Waals surface area contributed by atoms with Crippen molar-refractivity contribution in [3.63, 3.8) is 0 Å². The Morgan fingerprint density at radius 3 is 2.83 bits per heavy atom. The maximum absolute atomic E-state index is 11.9. The number of fused-ring (bicyclic) bond motifs is 5. The molecule has 0 amide bonds. The Balaban J connectivity index is 1.65. The minimum atomic E-state index is 0.304. The van der Waals surface area contributed by atoms with Gasteiger partial charge in [0.2, 0.25) is 0 Å². The molecule has 3 aliphatic carbocycles. The number of nitrogens with zero attached hydrogens (tertiary/aromatic N) is 1. The zero-order chi connectivity index (χ0) is 16.9. The van der Waals surface area contributed by atoms with Crippen molar-refractivity contribution in [3.05, 3.63) is 24.3 Å². The fourth-order valence-electron chi connectivity index (χ4n) is 6.99. The van der Waals surface area contributed by atoms with Crippen LogP contribution in [0.4, 0.5) is 0 Å². The first-order valence-electron chi connectivity index (χ1n) is 10.1. The second kappa shape index (κ2) is 5.83. The van der Waals surface area contributed by atoms with E-state index in [0.29, 0.717) is 16.7 Å². The van der Waals surface area contributed by atoms with Gasteiger partial charge in [-0.1, -0.05) is 18.6 Å². The van der Waals surface area contributed by atoms with Gasteiger partial charge in [-0.3, -0.25) is 9.69 Å². The van der Waals surface area contributed by atoms with Crippen molar-refractivity contribution < 1.29 is 4.79 Å². The highest BCUT2D eigenvalue weighted by Gasteiger charge is 2.56. The van der Waals surface area contributed by atoms with E-state index in [9.17, 15) is 4.79 Å². The Bertz CT molecular complexity index is 579. The molecule has 0 aromatic heterocycles. The molecule has 3 fully saturated rings. The number of ketones is 1. The predicted molar refractivity (Wildman–Crippen MR) is 98.8 cm³/mol. The molecule has 1 heterocycles. The Morgan fingerprint density at radius 1 is 1.21 bits per heavy atom. The Labute approximate surface area is 147 Å². The monoisotopic (exact) mass is 327 g/mol. The standard InChI is InChI=1S/C22H33NO/c1-4-13-23-14-5-6-20-18-8-7-16-15-17(24)9-11-21(16,2)19(18)10-12-22(20,23)3/h4,15,18-20H,1,5-14H2,2-3H3/t18-,19+,20+,21+,22+/m1/s1. The summed E-state index contributed by atoms with van der Waals surface area (Å²) in [5.41, 5.74) is 2.16. The van der Waals surface area contributed by atoms with Gasteiger partial charge in [-0.2, -0.15) is 0 Å². The minimum Gasteiger partial charge on any atom is -0.295 e. The molecule has 2 nitrogen and oxygen atoms in total. The number of carbonyl (C=O) groups is 1. The number of hydrogen-bond acceptors (Lipinski definition) is 2. The Kier molecular flexibility index (Phi) is 4.03. The van der Waals surface area contributed by atoms with Crippen LogP contribution in [0.3, 0.4) is 0 Å². The molecule has 0 radical (unpaired) electrons. The molecule has 5 atom stereocenters. The average molecular weight is 328 g/mol. The van der Waals surface area contributed by atoms with Crippen molar-refractivity contribution in [2.45, 2.75) is 70.8 Å². The molecular formula is C22H33NO. The van der Waals surface area contributed by atoms with E-state index >= 15 is 0 Å². The van der Waals surface area contributed by atoms with Crippen LogP contribution in [0.25, 0.3) is 0 Å². The smallest absolute Gasteiger partial charge is 0.155 e. The molecule has 1 aliphatic heterocycles. The summed E-state index contributed by atoms with van der Waals surface area (Å²) >= 11 is 0. The van der Waals surface area contributed by atoms with Gasteiger partial charge in [-0.05, 0) is 87.7 Å². The predicted octanol–water partition coefficient (Wildman–Crippen LogP) is 4.76. The van der Waals surface area contributed by atoms with E-state index in [1.54, 1.807) is 0 Å². The molecule has 0 N–H and O–H groups in total. The van der Waals surface area contributed by atoms with E-state index in [2.05, 4.69) is 31.4 Å². The second-order valence-electron chi connectivity index (χ2n) is 9.24. The largest absolute Gasteiger partial charge is 0.295 e. The van der Waals surface area contributed by atoms with Crippen LogP contribution in [0.2, 0.25) is 0 Å². The fourth-order valence-corrected chi connectivity index (χ4v) is 6.99. The van der Waals surface area contributed by atoms with Gasteiger partial charge >= 0.3 is 0 Å². The van der Waals surface area contributed by atoms with Crippen LogP contribution >= 0.6 is 0 Å². The fraction of sp³-hybridized carbons (Fsp3) is 0.773. The zero-order valence-corrected chi connectivity index (χ0v) is 15.5. The van der Waals surface area contributed by atoms with Crippen LogP contribution in [-0.4, -0.2) is 29.3 Å². The third kappa shape index (κ3) is 2.29. The third-order valence-corrected chi connectivity index (χ3v) is 8.33. The third-order valence-electron chi connectivity index (χ3n) is 8.33. The Hall–Kier alpha value is -0.890. The molecule has 0 aromatic rings. The number of rotatable bonds is 2. The van der Waals surface area contributed by atoms with Gasteiger partial charge in [0.1, 0.15) is 0 Å². The molecule has 1 saturated heterocycles. The summed E-state index contributed by atoms with van der Waals surface area (Å²) in [5, 5.41) is 0. The molecule has 4 aliphatic rings. The number of likely N-dealkylation sites (tertiary alicyclic amines) is 1. The van der Waals surface area contributed by atoms with Crippen LogP contribution in [0.5, 0.6) is 0 Å². The molecule has 4 rings (SSSR count). The molecule has 0 aromatic carbocycles. The van der Waals surface area contributed by atoms with Crippen LogP contribution < -0.4 is 0 Å². The summed E-state index contributed by atoms with van der Waals surface area (Å²) < 4.78 is 0. The van der Waals surface area contributed by atoms with Crippen molar-refractivity contribution >= 4 is 5.78 Å². The van der Waals surface area contributed by atoms with Gasteiger partial charge in [-0.25, -0.2) is 0 Å². The lowest BCUT2D eigenvalue weighted by atomic mass is 9.47. The lowest BCUT2D eigenvalue weighted by molar-refractivity contribution is -0.120. The summed E-state index contributed by atoms with van der Waals surface area (Å²) in [6.45, 7) is 11.3. The van der Waals surface area contributed by atoms with Crippen molar-refractivity contribution in [3.8, 4) is 0 Å². The molecule has 132 valence electrons. The zero-order valence-electron chi connectivity index (χ0n) is 15.5. The van der Waals surface area contributed by atoms with Gasteiger partial charge in [0.05, 0.1) is 0 Å². The highest BCUT2D eigenvalue weighted by molar-refractivity contribution is 5.91. The summed E-state index contributed by atoms with van der Waals surface area (Å²) in [6.07, 6.45) is 13.9. The molecule has 2 heteroatoms. The second-order valence-corrected chi connectivity index (χ2v) is 9.24. The minimum absolute atomic E-state index is 0.304. The molecule has 2 saturated carbocycles. The number of allylic oxidation sites excluding steroid dienone is 2. The van der Waals surface area contributed by atoms with Gasteiger partial charge in [0, 0.05) is 18.5 Å². The molecule has 0 spiro atoms. The van der Waals surface area contributed by atoms with Crippen LogP contribution in [0.1, 0.15) is 65.2 Å². The van der Waals surface area contributed by atoms with Gasteiger partial charge < -0.3 is 0 Å². The highest BCUT2D eigenvalue weighted by Crippen LogP contribution is 2.61. The maximum atomic E-state index is 11.9. The SMILES string of the molecule is C=CCN1CCC[C@H]2[C@@H]3CCC4=CC(=O)CC[C@]4(C)[C@H]3CC[C@@]21C. The topological polar surface area (TPSA) is 20.3 Å². The van der Waals surface area contributed by atoms with E-state index in [-0.39, 0.29) is 0 Å². The first-order valence-corrected chi connectivity index (χ1v) is 10.1. The van der Waals surface area contributed by atoms with Crippen molar-refractivity contribution in [2.75, 3.05) is 13.1 Å². The van der Waals surface area contributed by atoms with E-state index < -0.39 is 0 Å². The van der Waals surface area contributed by atoms with Crippen LogP contribution in [0.15, 0.2) is 24.3 Å². The number of carbonyl (C=O) groups excluding carboxylic acids is 1. The van der Waals surface area contributed by atoms with Crippen LogP contribution in [-0.2, 0) is 4.79 Å². The Morgan fingerprint density at radius 2 is 2.04 bits per heavy atom. The summed E-state index contributed by atoms with van der Waals surface area (Å²) in [5.74, 6) is 2.86. The molecule has 0 unspecified atom stereocenters. The molecule has 0 bridgehead atoms. The normalized spacial score (nSPS) is 45.7. The van der Waals surface area contributed by atoms with Crippen LogP contribution in [0, 0.1) is 23.2 Å². The van der Waals surface area contributed by atoms with Crippen molar-refractivity contribution in [1.82, 2.24) is 4.90 Å². The lowest BCUT2D eigenvalue weighted by Gasteiger charge is -2.62. The van der Waals surface area contributed by atoms with E-state index in [4.69, 9.17) is 0 Å². The number of hydrogen-bond donors (Lipinski definition) is 0. The molecular weight excluding hydrogens is 294 g/mol. The van der Waals surface area contributed by atoms with Crippen molar-refractivity contribution in [2.24, 2.45) is 23.2 Å². The van der Waals surface area contributed by atoms with Gasteiger partial charge in [0.25, 0.3) is 0 Å². The lowest BCUT2D eigenvalue weighted by Crippen LogP contribution is -2.62. The summed E-state index contributed by atoms with van der Waals surface area (Å²) in [7, 11) is 0. The molecule has 24 heavy (non-hydrogen) atoms. The highest BCUT2D eigenvalue weighted by atomic mass is 16.1. The first-order chi connectivity index (χ1) is 11.5.